The number of imidazole rings is 1. The topological polar surface area (TPSA) is 44.0 Å². The van der Waals surface area contributed by atoms with Crippen molar-refractivity contribution in [2.45, 2.75) is 13.8 Å². The number of nitrogens with zero attached hydrogens (tertiary/aromatic N) is 2. The van der Waals surface area contributed by atoms with E-state index in [-0.39, 0.29) is 5.82 Å². The van der Waals surface area contributed by atoms with Crippen LogP contribution in [-0.4, -0.2) is 15.0 Å². The molecule has 3 aromatic carbocycles. The lowest BCUT2D eigenvalue weighted by atomic mass is 10.0. The van der Waals surface area contributed by atoms with Crippen molar-refractivity contribution in [1.29, 1.82) is 0 Å². The van der Waals surface area contributed by atoms with Gasteiger partial charge >= 0.3 is 5.69 Å². The summed E-state index contributed by atoms with van der Waals surface area (Å²) in [5.41, 5.74) is 4.36. The molecule has 4 nitrogen and oxygen atoms in total. The number of aromatic nitrogens is 2. The van der Waals surface area contributed by atoms with Crippen molar-refractivity contribution in [3.05, 3.63) is 118 Å². The number of carbonyl (C=O) groups is 1. The van der Waals surface area contributed by atoms with Crippen molar-refractivity contribution in [2.24, 2.45) is 0 Å². The molecule has 0 unspecified atom stereocenters. The molecule has 0 atom stereocenters. The highest BCUT2D eigenvalue weighted by Crippen LogP contribution is 2.23. The normalized spacial score (nSPS) is 11.2. The van der Waals surface area contributed by atoms with Gasteiger partial charge < -0.3 is 0 Å². The van der Waals surface area contributed by atoms with Gasteiger partial charge in [-0.25, -0.2) is 13.8 Å². The monoisotopic (exact) mass is 412 g/mol. The largest absolute Gasteiger partial charge is 0.340 e. The number of aryl methyl sites for hydroxylation is 2. The van der Waals surface area contributed by atoms with Gasteiger partial charge in [-0.1, -0.05) is 42.5 Å². The molecule has 4 rings (SSSR count). The van der Waals surface area contributed by atoms with Gasteiger partial charge in [-0.05, 0) is 66.9 Å². The smallest absolute Gasteiger partial charge is 0.269 e. The van der Waals surface area contributed by atoms with E-state index in [2.05, 4.69) is 0 Å². The van der Waals surface area contributed by atoms with Crippen LogP contribution in [0.5, 0.6) is 0 Å². The van der Waals surface area contributed by atoms with E-state index in [1.54, 1.807) is 24.4 Å². The fraction of sp³-hybridized carbons (Fsp3) is 0.0769. The minimum Gasteiger partial charge on any atom is -0.269 e. The second-order valence-corrected chi connectivity index (χ2v) is 7.36. The van der Waals surface area contributed by atoms with Crippen LogP contribution in [-0.2, 0) is 0 Å². The van der Waals surface area contributed by atoms with Gasteiger partial charge in [0.25, 0.3) is 5.91 Å². The summed E-state index contributed by atoms with van der Waals surface area (Å²) in [6.07, 6.45) is 4.58. The predicted octanol–water partition coefficient (Wildman–Crippen LogP) is 5.42. The van der Waals surface area contributed by atoms with Crippen LogP contribution >= 0.6 is 0 Å². The van der Waals surface area contributed by atoms with Gasteiger partial charge in [-0.3, -0.25) is 9.36 Å². The minimum absolute atomic E-state index is 0.350. The third-order valence-corrected chi connectivity index (χ3v) is 5.24. The molecule has 1 heterocycles. The van der Waals surface area contributed by atoms with Crippen LogP contribution in [0.1, 0.15) is 21.5 Å². The highest BCUT2D eigenvalue weighted by molar-refractivity contribution is 5.96. The Morgan fingerprint density at radius 3 is 2.29 bits per heavy atom. The van der Waals surface area contributed by atoms with Crippen molar-refractivity contribution in [3.63, 3.8) is 0 Å². The first-order chi connectivity index (χ1) is 14.9. The lowest BCUT2D eigenvalue weighted by Gasteiger charge is -2.06. The molecule has 0 spiro atoms. The quantitative estimate of drug-likeness (QED) is 0.420. The van der Waals surface area contributed by atoms with Gasteiger partial charge in [0.05, 0.1) is 11.4 Å². The Kier molecular flexibility index (Phi) is 5.50. The first-order valence-corrected chi connectivity index (χ1v) is 9.89. The molecule has 0 fully saturated rings. The summed E-state index contributed by atoms with van der Waals surface area (Å²) in [6.45, 7) is 4.00. The summed E-state index contributed by atoms with van der Waals surface area (Å²) < 4.78 is 15.8. The average molecular weight is 412 g/mol. The molecular weight excluding hydrogens is 391 g/mol. The summed E-state index contributed by atoms with van der Waals surface area (Å²) in [4.78, 5) is 26.3. The van der Waals surface area contributed by atoms with Crippen molar-refractivity contribution < 1.29 is 9.18 Å². The number of carbonyl (C=O) groups excluding carboxylic acids is 1. The molecule has 0 saturated carbocycles. The molecular formula is C26H21FN2O2. The first-order valence-electron chi connectivity index (χ1n) is 9.89. The van der Waals surface area contributed by atoms with Crippen LogP contribution in [0.25, 0.3) is 23.0 Å². The zero-order chi connectivity index (χ0) is 22.0. The van der Waals surface area contributed by atoms with Crippen LogP contribution in [0.2, 0.25) is 0 Å². The van der Waals surface area contributed by atoms with E-state index in [0.29, 0.717) is 16.9 Å². The minimum atomic E-state index is -0.475. The molecule has 0 bridgehead atoms. The number of rotatable bonds is 4. The molecule has 0 aliphatic carbocycles. The van der Waals surface area contributed by atoms with Crippen LogP contribution < -0.4 is 5.69 Å². The Bertz CT molecular complexity index is 1330. The molecule has 4 aromatic rings. The lowest BCUT2D eigenvalue weighted by molar-refractivity contribution is 0.0967. The van der Waals surface area contributed by atoms with Crippen molar-refractivity contribution in [2.75, 3.05) is 0 Å². The molecule has 1 aromatic heterocycles. The van der Waals surface area contributed by atoms with Crippen LogP contribution in [0, 0.1) is 19.7 Å². The number of benzene rings is 3. The van der Waals surface area contributed by atoms with E-state index in [4.69, 9.17) is 0 Å². The summed E-state index contributed by atoms with van der Waals surface area (Å²) in [6, 6.07) is 20.8. The van der Waals surface area contributed by atoms with E-state index in [1.165, 1.54) is 22.8 Å². The average Bonchev–Trinajstić information content (AvgIpc) is 3.13. The van der Waals surface area contributed by atoms with Crippen molar-refractivity contribution in [3.8, 4) is 16.9 Å². The zero-order valence-electron chi connectivity index (χ0n) is 17.2. The molecule has 0 saturated heterocycles. The highest BCUT2D eigenvalue weighted by Gasteiger charge is 2.18. The molecule has 31 heavy (non-hydrogen) atoms. The summed E-state index contributed by atoms with van der Waals surface area (Å²) in [5, 5.41) is 0. The molecule has 0 aliphatic heterocycles. The number of para-hydroxylation sites is 1. The fourth-order valence-electron chi connectivity index (χ4n) is 3.35. The van der Waals surface area contributed by atoms with E-state index in [9.17, 15) is 14.0 Å². The van der Waals surface area contributed by atoms with Gasteiger partial charge in [0.2, 0.25) is 0 Å². The summed E-state index contributed by atoms with van der Waals surface area (Å²) >= 11 is 0. The predicted molar refractivity (Wildman–Crippen MR) is 121 cm³/mol. The number of hydrogen-bond acceptors (Lipinski definition) is 2. The third kappa shape index (κ3) is 4.16. The Hall–Kier alpha value is -3.99. The van der Waals surface area contributed by atoms with Gasteiger partial charge in [0.15, 0.2) is 0 Å². The molecule has 154 valence electrons. The zero-order valence-corrected chi connectivity index (χ0v) is 17.2. The van der Waals surface area contributed by atoms with Crippen LogP contribution in [0.3, 0.4) is 0 Å². The highest BCUT2D eigenvalue weighted by atomic mass is 19.1. The third-order valence-electron chi connectivity index (χ3n) is 5.24. The molecule has 0 N–H and O–H groups in total. The molecule has 0 aliphatic rings. The Morgan fingerprint density at radius 2 is 1.61 bits per heavy atom. The van der Waals surface area contributed by atoms with Crippen LogP contribution in [0.4, 0.5) is 4.39 Å². The molecule has 0 radical (unpaired) electrons. The van der Waals surface area contributed by atoms with Crippen LogP contribution in [0.15, 0.2) is 89.9 Å². The lowest BCUT2D eigenvalue weighted by Crippen LogP contribution is -2.27. The summed E-state index contributed by atoms with van der Waals surface area (Å²) in [7, 11) is 0. The van der Waals surface area contributed by atoms with Gasteiger partial charge in [-0.15, -0.1) is 0 Å². The van der Waals surface area contributed by atoms with Crippen molar-refractivity contribution in [1.82, 2.24) is 9.13 Å². The maximum Gasteiger partial charge on any atom is 0.340 e. The van der Waals surface area contributed by atoms with E-state index in [1.807, 2.05) is 62.4 Å². The number of halogens is 1. The maximum absolute atomic E-state index is 13.2. The van der Waals surface area contributed by atoms with E-state index < -0.39 is 11.6 Å². The second kappa shape index (κ2) is 8.40. The fourth-order valence-corrected chi connectivity index (χ4v) is 3.35. The SMILES string of the molecule is Cc1ccc(-c2cn(-c3ccccc3)c(=O)n2C(=O)/C=C/c2ccc(F)cc2)cc1C. The Balaban J connectivity index is 1.83. The van der Waals surface area contributed by atoms with Gasteiger partial charge in [-0.2, -0.15) is 0 Å². The first kappa shape index (κ1) is 20.3. The maximum atomic E-state index is 13.2. The molecule has 5 heteroatoms. The van der Waals surface area contributed by atoms with E-state index >= 15 is 0 Å². The van der Waals surface area contributed by atoms with Gasteiger partial charge in [0.1, 0.15) is 5.82 Å². The number of hydrogen-bond donors (Lipinski definition) is 0. The van der Waals surface area contributed by atoms with Crippen molar-refractivity contribution >= 4 is 12.0 Å². The summed E-state index contributed by atoms with van der Waals surface area (Å²) in [5.74, 6) is -0.825. The van der Waals surface area contributed by atoms with Gasteiger partial charge in [0, 0.05) is 17.8 Å². The second-order valence-electron chi connectivity index (χ2n) is 7.36. The molecule has 0 amide bonds. The van der Waals surface area contributed by atoms with E-state index in [0.717, 1.165) is 21.3 Å². The Labute approximate surface area is 179 Å². The Morgan fingerprint density at radius 1 is 0.903 bits per heavy atom. The standard InChI is InChI=1S/C26H21FN2O2/c1-18-8-12-21(16-19(18)2)24-17-28(23-6-4-3-5-7-23)26(31)29(24)25(30)15-11-20-9-13-22(27)14-10-20/h3-17H,1-2H3/b15-11+. The number of allylic oxidation sites excluding steroid dienone is 1.